The lowest BCUT2D eigenvalue weighted by atomic mass is 10.0. The number of anilines is 1. The van der Waals surface area contributed by atoms with Crippen molar-refractivity contribution in [2.45, 2.75) is 43.8 Å². The molecule has 0 radical (unpaired) electrons. The van der Waals surface area contributed by atoms with Crippen molar-refractivity contribution in [2.24, 2.45) is 0 Å². The molecular formula is C33H32Cl2FN3O4S. The molecule has 11 heteroatoms. The summed E-state index contributed by atoms with van der Waals surface area (Å²) >= 11 is 12.4. The van der Waals surface area contributed by atoms with Crippen molar-refractivity contribution >= 4 is 50.7 Å². The van der Waals surface area contributed by atoms with Gasteiger partial charge >= 0.3 is 0 Å². The van der Waals surface area contributed by atoms with Crippen molar-refractivity contribution in [1.82, 2.24) is 10.2 Å². The van der Waals surface area contributed by atoms with Gasteiger partial charge in [-0.3, -0.25) is 13.9 Å². The van der Waals surface area contributed by atoms with Gasteiger partial charge < -0.3 is 10.2 Å². The maximum absolute atomic E-state index is 14.4. The monoisotopic (exact) mass is 655 g/mol. The fraction of sp³-hybridized carbons (Fsp3) is 0.212. The lowest BCUT2D eigenvalue weighted by molar-refractivity contribution is -0.140. The predicted molar refractivity (Wildman–Crippen MR) is 172 cm³/mol. The number of rotatable bonds is 12. The van der Waals surface area contributed by atoms with Crippen LogP contribution in [0, 0.1) is 5.82 Å². The van der Waals surface area contributed by atoms with Crippen LogP contribution in [-0.2, 0) is 32.6 Å². The number of hydrogen-bond donors (Lipinski definition) is 1. The molecule has 0 aliphatic heterocycles. The first-order valence-electron chi connectivity index (χ1n) is 13.9. The molecule has 1 atom stereocenters. The van der Waals surface area contributed by atoms with E-state index in [4.69, 9.17) is 23.2 Å². The summed E-state index contributed by atoms with van der Waals surface area (Å²) in [5, 5.41) is 3.49. The Morgan fingerprint density at radius 1 is 0.818 bits per heavy atom. The molecule has 230 valence electrons. The average Bonchev–Trinajstić information content (AvgIpc) is 3.00. The Kier molecular flexibility index (Phi) is 11.0. The lowest BCUT2D eigenvalue weighted by Gasteiger charge is -2.34. The number of nitrogens with zero attached hydrogens (tertiary/aromatic N) is 2. The van der Waals surface area contributed by atoms with Gasteiger partial charge in [-0.15, -0.1) is 0 Å². The molecule has 2 amide bonds. The van der Waals surface area contributed by atoms with E-state index >= 15 is 0 Å². The van der Waals surface area contributed by atoms with Crippen LogP contribution in [0.25, 0.3) is 0 Å². The predicted octanol–water partition coefficient (Wildman–Crippen LogP) is 6.49. The Hall–Kier alpha value is -3.92. The van der Waals surface area contributed by atoms with Crippen LogP contribution in [0.4, 0.5) is 10.1 Å². The van der Waals surface area contributed by atoms with Crippen molar-refractivity contribution in [1.29, 1.82) is 0 Å². The zero-order chi connectivity index (χ0) is 31.9. The molecule has 0 heterocycles. The highest BCUT2D eigenvalue weighted by Gasteiger charge is 2.35. The molecule has 0 aliphatic carbocycles. The molecule has 0 aliphatic rings. The van der Waals surface area contributed by atoms with Gasteiger partial charge in [0.1, 0.15) is 18.4 Å². The SMILES string of the molecule is CC(C)NC(=O)C(Cc1ccccc1)N(Cc1ccc(Cl)c(Cl)c1)C(=O)CN(c1ccc(F)cc1)S(=O)(=O)c1ccccc1. The number of carbonyl (C=O) groups is 2. The van der Waals surface area contributed by atoms with Gasteiger partial charge in [-0.25, -0.2) is 12.8 Å². The minimum atomic E-state index is -4.28. The van der Waals surface area contributed by atoms with Crippen molar-refractivity contribution in [2.75, 3.05) is 10.8 Å². The number of amides is 2. The molecule has 1 unspecified atom stereocenters. The Bertz CT molecular complexity index is 1690. The zero-order valence-corrected chi connectivity index (χ0v) is 26.5. The third kappa shape index (κ3) is 8.37. The van der Waals surface area contributed by atoms with Gasteiger partial charge in [0.25, 0.3) is 10.0 Å². The Labute approximate surface area is 267 Å². The summed E-state index contributed by atoms with van der Waals surface area (Å²) in [4.78, 5) is 29.4. The summed E-state index contributed by atoms with van der Waals surface area (Å²) in [6.07, 6.45) is 0.161. The molecule has 0 aromatic heterocycles. The van der Waals surface area contributed by atoms with Crippen LogP contribution in [-0.4, -0.2) is 43.8 Å². The van der Waals surface area contributed by atoms with Crippen LogP contribution in [0.2, 0.25) is 10.0 Å². The second kappa shape index (κ2) is 14.7. The topological polar surface area (TPSA) is 86.8 Å². The third-order valence-electron chi connectivity index (χ3n) is 6.76. The fourth-order valence-electron chi connectivity index (χ4n) is 4.63. The van der Waals surface area contributed by atoms with E-state index in [9.17, 15) is 22.4 Å². The van der Waals surface area contributed by atoms with E-state index in [2.05, 4.69) is 5.32 Å². The normalized spacial score (nSPS) is 12.0. The molecular weight excluding hydrogens is 624 g/mol. The van der Waals surface area contributed by atoms with Gasteiger partial charge in [-0.1, -0.05) is 77.8 Å². The molecule has 0 saturated carbocycles. The van der Waals surface area contributed by atoms with Gasteiger partial charge in [0.15, 0.2) is 0 Å². The van der Waals surface area contributed by atoms with Crippen LogP contribution in [0.1, 0.15) is 25.0 Å². The minimum Gasteiger partial charge on any atom is -0.352 e. The van der Waals surface area contributed by atoms with Crippen LogP contribution in [0.3, 0.4) is 0 Å². The number of halogens is 3. The number of nitrogens with one attached hydrogen (secondary N) is 1. The van der Waals surface area contributed by atoms with E-state index in [1.54, 1.807) is 36.4 Å². The Morgan fingerprint density at radius 2 is 1.43 bits per heavy atom. The van der Waals surface area contributed by atoms with Crippen LogP contribution >= 0.6 is 23.2 Å². The van der Waals surface area contributed by atoms with Gasteiger partial charge in [0.05, 0.1) is 20.6 Å². The highest BCUT2D eigenvalue weighted by Crippen LogP contribution is 2.27. The van der Waals surface area contributed by atoms with Crippen molar-refractivity contribution < 1.29 is 22.4 Å². The second-order valence-electron chi connectivity index (χ2n) is 10.4. The van der Waals surface area contributed by atoms with Crippen molar-refractivity contribution in [3.05, 3.63) is 130 Å². The van der Waals surface area contributed by atoms with E-state index in [1.165, 1.54) is 29.2 Å². The highest BCUT2D eigenvalue weighted by atomic mass is 35.5. The van der Waals surface area contributed by atoms with Gasteiger partial charge in [0.2, 0.25) is 11.8 Å². The summed E-state index contributed by atoms with van der Waals surface area (Å²) in [7, 11) is -4.28. The summed E-state index contributed by atoms with van der Waals surface area (Å²) in [5.74, 6) is -1.62. The van der Waals surface area contributed by atoms with Gasteiger partial charge in [-0.05, 0) is 73.5 Å². The van der Waals surface area contributed by atoms with E-state index in [1.807, 2.05) is 44.2 Å². The second-order valence-corrected chi connectivity index (χ2v) is 13.1. The molecule has 1 N–H and O–H groups in total. The highest BCUT2D eigenvalue weighted by molar-refractivity contribution is 7.92. The maximum Gasteiger partial charge on any atom is 0.264 e. The minimum absolute atomic E-state index is 0.0495. The molecule has 44 heavy (non-hydrogen) atoms. The average molecular weight is 657 g/mol. The lowest BCUT2D eigenvalue weighted by Crippen LogP contribution is -2.54. The molecule has 0 spiro atoms. The first-order chi connectivity index (χ1) is 21.0. The number of hydrogen-bond acceptors (Lipinski definition) is 4. The molecule has 7 nitrogen and oxygen atoms in total. The molecule has 0 bridgehead atoms. The largest absolute Gasteiger partial charge is 0.352 e. The molecule has 4 aromatic carbocycles. The Morgan fingerprint density at radius 3 is 2.02 bits per heavy atom. The van der Waals surface area contributed by atoms with Gasteiger partial charge in [0, 0.05) is 19.0 Å². The standard InChI is InChI=1S/C33H32Cl2FN3O4S/c1-23(2)37-33(41)31(20-24-9-5-3-6-10-24)38(21-25-13-18-29(34)30(35)19-25)32(40)22-39(27-16-14-26(36)15-17-27)44(42,43)28-11-7-4-8-12-28/h3-19,23,31H,20-22H2,1-2H3,(H,37,41). The first-order valence-corrected chi connectivity index (χ1v) is 16.1. The number of carbonyl (C=O) groups excluding carboxylic acids is 2. The zero-order valence-electron chi connectivity index (χ0n) is 24.2. The summed E-state index contributed by atoms with van der Waals surface area (Å²) in [5.41, 5.74) is 1.47. The summed E-state index contributed by atoms with van der Waals surface area (Å²) < 4.78 is 42.6. The van der Waals surface area contributed by atoms with E-state index < -0.39 is 40.2 Å². The third-order valence-corrected chi connectivity index (χ3v) is 9.29. The van der Waals surface area contributed by atoms with E-state index in [-0.39, 0.29) is 34.6 Å². The summed E-state index contributed by atoms with van der Waals surface area (Å²) in [6, 6.07) is 25.3. The molecule has 4 rings (SSSR count). The van der Waals surface area contributed by atoms with Crippen LogP contribution in [0.15, 0.2) is 108 Å². The molecule has 0 saturated heterocycles. The quantitative estimate of drug-likeness (QED) is 0.189. The fourth-order valence-corrected chi connectivity index (χ4v) is 6.38. The van der Waals surface area contributed by atoms with Crippen LogP contribution in [0.5, 0.6) is 0 Å². The Balaban J connectivity index is 1.81. The smallest absolute Gasteiger partial charge is 0.264 e. The van der Waals surface area contributed by atoms with Gasteiger partial charge in [-0.2, -0.15) is 0 Å². The van der Waals surface area contributed by atoms with Crippen molar-refractivity contribution in [3.63, 3.8) is 0 Å². The maximum atomic E-state index is 14.4. The van der Waals surface area contributed by atoms with Crippen molar-refractivity contribution in [3.8, 4) is 0 Å². The summed E-state index contributed by atoms with van der Waals surface area (Å²) in [6.45, 7) is 2.89. The molecule has 4 aromatic rings. The first kappa shape index (κ1) is 33.0. The van der Waals surface area contributed by atoms with E-state index in [0.717, 1.165) is 22.0 Å². The van der Waals surface area contributed by atoms with E-state index in [0.29, 0.717) is 10.6 Å². The number of sulfonamides is 1. The number of benzene rings is 4. The molecule has 0 fully saturated rings. The van der Waals surface area contributed by atoms with Crippen LogP contribution < -0.4 is 9.62 Å².